The van der Waals surface area contributed by atoms with Gasteiger partial charge in [0.1, 0.15) is 0 Å². The molecule has 1 aliphatic heterocycles. The van der Waals surface area contributed by atoms with Crippen LogP contribution in [0.3, 0.4) is 0 Å². The van der Waals surface area contributed by atoms with Crippen LogP contribution in [0.2, 0.25) is 0 Å². The molecule has 94 valence electrons. The number of nitrogens with zero attached hydrogens (tertiary/aromatic N) is 2. The molecule has 2 rings (SSSR count). The van der Waals surface area contributed by atoms with Crippen molar-refractivity contribution in [3.05, 3.63) is 28.5 Å². The first-order valence-corrected chi connectivity index (χ1v) is 6.73. The molecule has 0 amide bonds. The zero-order valence-electron chi connectivity index (χ0n) is 9.81. The summed E-state index contributed by atoms with van der Waals surface area (Å²) in [5.74, 6) is 0. The fourth-order valence-corrected chi connectivity index (χ4v) is 2.57. The molecule has 2 heterocycles. The van der Waals surface area contributed by atoms with E-state index in [0.717, 1.165) is 37.2 Å². The Hall–Kier alpha value is -0.490. The molecule has 1 aliphatic rings. The van der Waals surface area contributed by atoms with Crippen LogP contribution in [0.1, 0.15) is 18.0 Å². The van der Waals surface area contributed by atoms with E-state index in [-0.39, 0.29) is 6.04 Å². The van der Waals surface area contributed by atoms with E-state index in [1.54, 1.807) is 6.20 Å². The molecular weight excluding hydrogens is 282 g/mol. The van der Waals surface area contributed by atoms with Crippen LogP contribution in [-0.2, 0) is 4.74 Å². The second kappa shape index (κ2) is 6.44. The van der Waals surface area contributed by atoms with Crippen molar-refractivity contribution in [2.45, 2.75) is 12.5 Å². The highest BCUT2D eigenvalue weighted by molar-refractivity contribution is 9.10. The van der Waals surface area contributed by atoms with Crippen molar-refractivity contribution in [2.75, 3.05) is 32.8 Å². The molecule has 2 N–H and O–H groups in total. The Morgan fingerprint density at radius 3 is 3.06 bits per heavy atom. The lowest BCUT2D eigenvalue weighted by Gasteiger charge is -2.29. The molecule has 17 heavy (non-hydrogen) atoms. The van der Waals surface area contributed by atoms with Gasteiger partial charge in [0.05, 0.1) is 6.61 Å². The predicted octanol–water partition coefficient (Wildman–Crippen LogP) is 1.57. The molecule has 0 aromatic carbocycles. The van der Waals surface area contributed by atoms with Gasteiger partial charge in [0.2, 0.25) is 0 Å². The Morgan fingerprint density at radius 2 is 2.29 bits per heavy atom. The Kier molecular flexibility index (Phi) is 4.91. The number of hydrogen-bond donors (Lipinski definition) is 1. The van der Waals surface area contributed by atoms with Crippen LogP contribution < -0.4 is 5.73 Å². The highest BCUT2D eigenvalue weighted by Gasteiger charge is 2.20. The first kappa shape index (κ1) is 13.0. The summed E-state index contributed by atoms with van der Waals surface area (Å²) in [4.78, 5) is 6.60. The second-order valence-corrected chi connectivity index (χ2v) is 5.11. The lowest BCUT2D eigenvalue weighted by Crippen LogP contribution is -2.35. The molecule has 1 unspecified atom stereocenters. The summed E-state index contributed by atoms with van der Waals surface area (Å²) in [6.45, 7) is 4.23. The van der Waals surface area contributed by atoms with Crippen molar-refractivity contribution < 1.29 is 4.74 Å². The van der Waals surface area contributed by atoms with Gasteiger partial charge in [-0.3, -0.25) is 9.88 Å². The number of ether oxygens (including phenoxy) is 1. The first-order valence-electron chi connectivity index (χ1n) is 5.93. The number of rotatable bonds is 3. The standard InChI is InChI=1S/C12H18BrN3O/c13-11-6-10(8-15-9-11)12(7-14)16-2-1-4-17-5-3-16/h6,8-9,12H,1-5,7,14H2. The summed E-state index contributed by atoms with van der Waals surface area (Å²) >= 11 is 3.45. The number of nitrogens with two attached hydrogens (primary N) is 1. The maximum Gasteiger partial charge on any atom is 0.0593 e. The largest absolute Gasteiger partial charge is 0.380 e. The van der Waals surface area contributed by atoms with Crippen molar-refractivity contribution in [2.24, 2.45) is 5.73 Å². The van der Waals surface area contributed by atoms with Gasteiger partial charge in [-0.2, -0.15) is 0 Å². The molecule has 0 saturated carbocycles. The van der Waals surface area contributed by atoms with E-state index < -0.39 is 0 Å². The van der Waals surface area contributed by atoms with Crippen molar-refractivity contribution >= 4 is 15.9 Å². The van der Waals surface area contributed by atoms with Crippen molar-refractivity contribution in [1.29, 1.82) is 0 Å². The van der Waals surface area contributed by atoms with Crippen molar-refractivity contribution in [3.8, 4) is 0 Å². The van der Waals surface area contributed by atoms with Gasteiger partial charge in [-0.15, -0.1) is 0 Å². The van der Waals surface area contributed by atoms with Gasteiger partial charge < -0.3 is 10.5 Å². The van der Waals surface area contributed by atoms with Gasteiger partial charge in [-0.25, -0.2) is 0 Å². The van der Waals surface area contributed by atoms with Crippen LogP contribution in [-0.4, -0.2) is 42.7 Å². The van der Waals surface area contributed by atoms with E-state index in [4.69, 9.17) is 10.5 Å². The van der Waals surface area contributed by atoms with E-state index in [1.807, 2.05) is 6.20 Å². The van der Waals surface area contributed by atoms with Gasteiger partial charge in [0.25, 0.3) is 0 Å². The summed E-state index contributed by atoms with van der Waals surface area (Å²) in [7, 11) is 0. The topological polar surface area (TPSA) is 51.4 Å². The average molecular weight is 300 g/mol. The zero-order chi connectivity index (χ0) is 12.1. The van der Waals surface area contributed by atoms with E-state index in [9.17, 15) is 0 Å². The third-order valence-corrected chi connectivity index (χ3v) is 3.47. The minimum atomic E-state index is 0.238. The Labute approximate surface area is 110 Å². The van der Waals surface area contributed by atoms with E-state index >= 15 is 0 Å². The Morgan fingerprint density at radius 1 is 1.41 bits per heavy atom. The highest BCUT2D eigenvalue weighted by Crippen LogP contribution is 2.22. The number of halogens is 1. The van der Waals surface area contributed by atoms with Gasteiger partial charge in [0.15, 0.2) is 0 Å². The third kappa shape index (κ3) is 3.48. The van der Waals surface area contributed by atoms with Crippen molar-refractivity contribution in [3.63, 3.8) is 0 Å². The lowest BCUT2D eigenvalue weighted by molar-refractivity contribution is 0.132. The van der Waals surface area contributed by atoms with Crippen molar-refractivity contribution in [1.82, 2.24) is 9.88 Å². The maximum absolute atomic E-state index is 5.91. The van der Waals surface area contributed by atoms with Gasteiger partial charge in [0, 0.05) is 49.1 Å². The fourth-order valence-electron chi connectivity index (χ4n) is 2.18. The first-order chi connectivity index (χ1) is 8.31. The molecule has 0 spiro atoms. The number of aromatic nitrogens is 1. The molecule has 4 nitrogen and oxygen atoms in total. The molecule has 1 atom stereocenters. The third-order valence-electron chi connectivity index (χ3n) is 3.03. The molecule has 0 radical (unpaired) electrons. The molecule has 1 saturated heterocycles. The predicted molar refractivity (Wildman–Crippen MR) is 70.7 cm³/mol. The highest BCUT2D eigenvalue weighted by atomic mass is 79.9. The normalized spacial score (nSPS) is 19.9. The molecular formula is C12H18BrN3O. The smallest absolute Gasteiger partial charge is 0.0593 e. The SMILES string of the molecule is NCC(c1cncc(Br)c1)N1CCCOCC1. The van der Waals surface area contributed by atoms with Crippen LogP contribution in [0.25, 0.3) is 0 Å². The van der Waals surface area contributed by atoms with Crippen LogP contribution in [0.4, 0.5) is 0 Å². The van der Waals surface area contributed by atoms with E-state index in [1.165, 1.54) is 5.56 Å². The molecule has 1 fully saturated rings. The second-order valence-electron chi connectivity index (χ2n) is 4.19. The van der Waals surface area contributed by atoms with E-state index in [0.29, 0.717) is 6.54 Å². The summed E-state index contributed by atoms with van der Waals surface area (Å²) in [6, 6.07) is 2.33. The van der Waals surface area contributed by atoms with E-state index in [2.05, 4.69) is 31.9 Å². The lowest BCUT2D eigenvalue weighted by atomic mass is 10.1. The van der Waals surface area contributed by atoms with Crippen LogP contribution in [0.15, 0.2) is 22.9 Å². The summed E-state index contributed by atoms with van der Waals surface area (Å²) in [6.07, 6.45) is 4.76. The maximum atomic E-state index is 5.91. The van der Waals surface area contributed by atoms with Gasteiger partial charge >= 0.3 is 0 Å². The minimum Gasteiger partial charge on any atom is -0.380 e. The zero-order valence-corrected chi connectivity index (χ0v) is 11.4. The van der Waals surface area contributed by atoms with Gasteiger partial charge in [-0.1, -0.05) is 0 Å². The fraction of sp³-hybridized carbons (Fsp3) is 0.583. The monoisotopic (exact) mass is 299 g/mol. The summed E-state index contributed by atoms with van der Waals surface area (Å²) in [5, 5.41) is 0. The molecule has 1 aromatic rings. The Bertz CT molecular complexity index is 353. The molecule has 5 heteroatoms. The van der Waals surface area contributed by atoms with Crippen LogP contribution in [0, 0.1) is 0 Å². The van der Waals surface area contributed by atoms with Crippen LogP contribution in [0.5, 0.6) is 0 Å². The van der Waals surface area contributed by atoms with Crippen LogP contribution >= 0.6 is 15.9 Å². The average Bonchev–Trinajstić information content (AvgIpc) is 2.59. The number of hydrogen-bond acceptors (Lipinski definition) is 4. The molecule has 1 aromatic heterocycles. The molecule has 0 bridgehead atoms. The number of pyridine rings is 1. The quantitative estimate of drug-likeness (QED) is 0.920. The van der Waals surface area contributed by atoms with Gasteiger partial charge in [-0.05, 0) is 34.0 Å². The summed E-state index contributed by atoms with van der Waals surface area (Å²) in [5.41, 5.74) is 7.08. The summed E-state index contributed by atoms with van der Waals surface area (Å²) < 4.78 is 6.47. The minimum absolute atomic E-state index is 0.238. The Balaban J connectivity index is 2.14. The molecule has 0 aliphatic carbocycles.